The molecule has 5 heterocycles. The molecule has 244 valence electrons. The summed E-state index contributed by atoms with van der Waals surface area (Å²) >= 11 is 1.71. The first kappa shape index (κ1) is 33.1. The van der Waals surface area contributed by atoms with E-state index in [0.29, 0.717) is 37.8 Å². The normalized spacial score (nSPS) is 15.0. The lowest BCUT2D eigenvalue weighted by molar-refractivity contribution is 0.0799. The van der Waals surface area contributed by atoms with E-state index in [9.17, 15) is 9.90 Å². The van der Waals surface area contributed by atoms with E-state index in [1.165, 1.54) is 16.1 Å². The van der Waals surface area contributed by atoms with Gasteiger partial charge in [-0.25, -0.2) is 24.0 Å². The molecule has 0 atom stereocenters. The van der Waals surface area contributed by atoms with Crippen LogP contribution in [0.5, 0.6) is 5.75 Å². The van der Waals surface area contributed by atoms with E-state index in [1.807, 2.05) is 16.9 Å². The lowest BCUT2D eigenvalue weighted by Gasteiger charge is -2.31. The van der Waals surface area contributed by atoms with Gasteiger partial charge in [-0.2, -0.15) is 10.2 Å². The molecule has 1 aliphatic heterocycles. The second-order valence-electron chi connectivity index (χ2n) is 14.5. The fourth-order valence-corrected chi connectivity index (χ4v) is 8.06. The SMILES string of the molecule is COc1cc(-c2c(C(C)C)c(-c3nc(C(C)(C)C)c(C4CCN(C(=O)O)CC4)s3)nn2COCC[Si](C)(C)C)cn2ncnc12. The first-order valence-corrected chi connectivity index (χ1v) is 20.3. The van der Waals surface area contributed by atoms with Gasteiger partial charge in [0.25, 0.3) is 0 Å². The van der Waals surface area contributed by atoms with Gasteiger partial charge in [0.05, 0.1) is 18.5 Å². The van der Waals surface area contributed by atoms with Crippen LogP contribution in [0, 0.1) is 0 Å². The van der Waals surface area contributed by atoms with Crippen molar-refractivity contribution in [2.24, 2.45) is 0 Å². The maximum Gasteiger partial charge on any atom is 0.407 e. The number of amides is 1. The predicted octanol–water partition coefficient (Wildman–Crippen LogP) is 7.32. The zero-order valence-electron chi connectivity index (χ0n) is 28.0. The number of rotatable bonds is 10. The van der Waals surface area contributed by atoms with E-state index < -0.39 is 14.2 Å². The van der Waals surface area contributed by atoms with Crippen LogP contribution in [0.15, 0.2) is 18.6 Å². The Labute approximate surface area is 270 Å². The van der Waals surface area contributed by atoms with Crippen molar-refractivity contribution in [3.63, 3.8) is 0 Å². The monoisotopic (exact) mass is 653 g/mol. The lowest BCUT2D eigenvalue weighted by Crippen LogP contribution is -2.37. The molecule has 1 aliphatic rings. The summed E-state index contributed by atoms with van der Waals surface area (Å²) in [7, 11) is 0.377. The number of piperidine rings is 1. The number of pyridine rings is 1. The number of likely N-dealkylation sites (tertiary alicyclic amines) is 1. The van der Waals surface area contributed by atoms with Crippen molar-refractivity contribution in [1.82, 2.24) is 34.3 Å². The molecule has 1 N–H and O–H groups in total. The van der Waals surface area contributed by atoms with Crippen LogP contribution in [-0.4, -0.2) is 80.3 Å². The highest BCUT2D eigenvalue weighted by Crippen LogP contribution is 2.45. The molecule has 13 heteroatoms. The number of carbonyl (C=O) groups is 1. The quantitative estimate of drug-likeness (QED) is 0.140. The molecule has 0 aromatic carbocycles. The third-order valence-electron chi connectivity index (χ3n) is 8.31. The lowest BCUT2D eigenvalue weighted by atomic mass is 9.85. The van der Waals surface area contributed by atoms with Crippen LogP contribution >= 0.6 is 11.3 Å². The number of fused-ring (bicyclic) bond motifs is 1. The number of ether oxygens (including phenoxy) is 2. The molecule has 4 aromatic heterocycles. The van der Waals surface area contributed by atoms with Crippen LogP contribution in [0.4, 0.5) is 4.79 Å². The molecular weight excluding hydrogens is 607 g/mol. The Kier molecular flexibility index (Phi) is 9.44. The molecule has 11 nitrogen and oxygen atoms in total. The van der Waals surface area contributed by atoms with Crippen molar-refractivity contribution in [3.05, 3.63) is 34.7 Å². The highest BCUT2D eigenvalue weighted by molar-refractivity contribution is 7.15. The van der Waals surface area contributed by atoms with Crippen molar-refractivity contribution in [3.8, 4) is 27.7 Å². The van der Waals surface area contributed by atoms with Crippen LogP contribution < -0.4 is 4.74 Å². The Morgan fingerprint density at radius 2 is 1.91 bits per heavy atom. The van der Waals surface area contributed by atoms with Gasteiger partial charge in [0.2, 0.25) is 0 Å². The Hall–Kier alpha value is -3.29. The average Bonchev–Trinajstić information content (AvgIpc) is 3.71. The molecular formula is C32H47N7O4SSi. The van der Waals surface area contributed by atoms with Crippen molar-refractivity contribution >= 4 is 31.2 Å². The summed E-state index contributed by atoms with van der Waals surface area (Å²) in [6, 6.07) is 3.07. The number of carboxylic acid groups (broad SMARTS) is 1. The molecule has 0 saturated carbocycles. The number of aromatic nitrogens is 6. The summed E-state index contributed by atoms with van der Waals surface area (Å²) in [5, 5.41) is 20.0. The topological polar surface area (TPSA) is 120 Å². The highest BCUT2D eigenvalue weighted by atomic mass is 32.1. The van der Waals surface area contributed by atoms with Crippen molar-refractivity contribution in [1.29, 1.82) is 0 Å². The van der Waals surface area contributed by atoms with Gasteiger partial charge < -0.3 is 19.5 Å². The molecule has 0 bridgehead atoms. The summed E-state index contributed by atoms with van der Waals surface area (Å²) in [5.74, 6) is 1.02. The minimum absolute atomic E-state index is 0.132. The second kappa shape index (κ2) is 12.8. The van der Waals surface area contributed by atoms with Gasteiger partial charge in [0, 0.05) is 55.4 Å². The molecule has 5 rings (SSSR count). The van der Waals surface area contributed by atoms with Gasteiger partial charge in [-0.1, -0.05) is 54.3 Å². The predicted molar refractivity (Wildman–Crippen MR) is 180 cm³/mol. The fraction of sp³-hybridized carbons (Fsp3) is 0.594. The van der Waals surface area contributed by atoms with Crippen molar-refractivity contribution in [2.75, 3.05) is 26.8 Å². The van der Waals surface area contributed by atoms with Crippen LogP contribution in [0.25, 0.3) is 27.6 Å². The first-order chi connectivity index (χ1) is 21.2. The third kappa shape index (κ3) is 7.10. The summed E-state index contributed by atoms with van der Waals surface area (Å²) in [5.41, 5.74) is 5.35. The largest absolute Gasteiger partial charge is 0.493 e. The van der Waals surface area contributed by atoms with Crippen LogP contribution in [0.3, 0.4) is 0 Å². The van der Waals surface area contributed by atoms with Gasteiger partial charge >= 0.3 is 6.09 Å². The average molecular weight is 654 g/mol. The minimum atomic E-state index is -1.27. The molecule has 0 spiro atoms. The Bertz CT molecular complexity index is 1660. The van der Waals surface area contributed by atoms with Crippen LogP contribution in [0.1, 0.15) is 75.4 Å². The van der Waals surface area contributed by atoms with Gasteiger partial charge in [0.15, 0.2) is 11.4 Å². The van der Waals surface area contributed by atoms with Gasteiger partial charge in [-0.3, -0.25) is 0 Å². The standard InChI is InChI=1S/C32H47N7O4SSi/c1-20(2)24-25(30-35-28(32(3,4)5)27(44-30)21-10-12-37(13-11-21)31(40)41)36-39(19-43-14-15-45(7,8)9)26(24)22-16-23(42-6)29-33-18-34-38(29)17-22/h16-18,20-21H,10-15,19H2,1-9H3,(H,40,41). The zero-order valence-corrected chi connectivity index (χ0v) is 29.9. The van der Waals surface area contributed by atoms with E-state index in [0.717, 1.165) is 52.1 Å². The summed E-state index contributed by atoms with van der Waals surface area (Å²) in [6.07, 6.45) is 4.23. The maximum atomic E-state index is 11.6. The molecule has 4 aromatic rings. The van der Waals surface area contributed by atoms with E-state index in [4.69, 9.17) is 19.6 Å². The Morgan fingerprint density at radius 3 is 2.51 bits per heavy atom. The third-order valence-corrected chi connectivity index (χ3v) is 11.2. The van der Waals surface area contributed by atoms with Gasteiger partial charge in [0.1, 0.15) is 23.8 Å². The van der Waals surface area contributed by atoms with Crippen LogP contribution in [0.2, 0.25) is 25.7 Å². The molecule has 1 fully saturated rings. The smallest absolute Gasteiger partial charge is 0.407 e. The van der Waals surface area contributed by atoms with E-state index >= 15 is 0 Å². The molecule has 0 aliphatic carbocycles. The Morgan fingerprint density at radius 1 is 1.20 bits per heavy atom. The number of hydrogen-bond acceptors (Lipinski definition) is 8. The number of thiazole rings is 1. The maximum absolute atomic E-state index is 11.6. The number of hydrogen-bond donors (Lipinski definition) is 1. The summed E-state index contributed by atoms with van der Waals surface area (Å²) < 4.78 is 15.7. The molecule has 45 heavy (non-hydrogen) atoms. The zero-order chi connectivity index (χ0) is 32.7. The molecule has 1 saturated heterocycles. The van der Waals surface area contributed by atoms with Crippen molar-refractivity contribution < 1.29 is 19.4 Å². The van der Waals surface area contributed by atoms with E-state index in [2.05, 4.69) is 64.3 Å². The fourth-order valence-electron chi connectivity index (χ4n) is 5.86. The first-order valence-electron chi connectivity index (χ1n) is 15.7. The number of nitrogens with zero attached hydrogens (tertiary/aromatic N) is 7. The molecule has 0 radical (unpaired) electrons. The van der Waals surface area contributed by atoms with Crippen LogP contribution in [-0.2, 0) is 16.9 Å². The summed E-state index contributed by atoms with van der Waals surface area (Å²) in [4.78, 5) is 24.0. The number of methoxy groups -OCH3 is 1. The van der Waals surface area contributed by atoms with Crippen molar-refractivity contribution in [2.45, 2.75) is 97.1 Å². The molecule has 1 amide bonds. The minimum Gasteiger partial charge on any atom is -0.493 e. The Balaban J connectivity index is 1.64. The summed E-state index contributed by atoms with van der Waals surface area (Å²) in [6.45, 7) is 20.1. The van der Waals surface area contributed by atoms with Gasteiger partial charge in [-0.15, -0.1) is 11.3 Å². The molecule has 0 unspecified atom stereocenters. The van der Waals surface area contributed by atoms with E-state index in [1.54, 1.807) is 23.0 Å². The highest BCUT2D eigenvalue weighted by Gasteiger charge is 2.34. The van der Waals surface area contributed by atoms with E-state index in [-0.39, 0.29) is 17.3 Å². The second-order valence-corrected chi connectivity index (χ2v) is 21.1. The van der Waals surface area contributed by atoms with Gasteiger partial charge in [-0.05, 0) is 36.8 Å².